The minimum absolute atomic E-state index is 0.00685. The van der Waals surface area contributed by atoms with Crippen LogP contribution in [-0.2, 0) is 0 Å². The van der Waals surface area contributed by atoms with E-state index in [1.807, 2.05) is 7.05 Å². The number of nitrogens with one attached hydrogen (secondary N) is 1. The molecule has 0 amide bonds. The molecular formula is C13H24F3N. The van der Waals surface area contributed by atoms with E-state index >= 15 is 0 Å². The van der Waals surface area contributed by atoms with Crippen LogP contribution in [0.3, 0.4) is 0 Å². The molecule has 0 aromatic carbocycles. The predicted octanol–water partition coefficient (Wildman–Crippen LogP) is 3.99. The fraction of sp³-hybridized carbons (Fsp3) is 1.00. The van der Waals surface area contributed by atoms with E-state index in [1.54, 1.807) is 0 Å². The molecule has 3 atom stereocenters. The van der Waals surface area contributed by atoms with Crippen molar-refractivity contribution in [2.24, 2.45) is 17.3 Å². The van der Waals surface area contributed by atoms with Crippen LogP contribution in [0, 0.1) is 17.3 Å². The van der Waals surface area contributed by atoms with Gasteiger partial charge in [0.25, 0.3) is 0 Å². The molecule has 1 rings (SSSR count). The maximum atomic E-state index is 12.8. The fourth-order valence-corrected chi connectivity index (χ4v) is 3.20. The molecule has 1 nitrogen and oxygen atoms in total. The second-order valence-electron chi connectivity index (χ2n) is 6.30. The minimum atomic E-state index is -4.02. The highest BCUT2D eigenvalue weighted by atomic mass is 19.4. The lowest BCUT2D eigenvalue weighted by Gasteiger charge is -2.41. The van der Waals surface area contributed by atoms with E-state index in [4.69, 9.17) is 0 Å². The molecule has 1 N–H and O–H groups in total. The van der Waals surface area contributed by atoms with Crippen LogP contribution in [0.15, 0.2) is 0 Å². The van der Waals surface area contributed by atoms with Gasteiger partial charge in [-0.25, -0.2) is 0 Å². The summed E-state index contributed by atoms with van der Waals surface area (Å²) in [4.78, 5) is 0. The van der Waals surface area contributed by atoms with Gasteiger partial charge in [0.15, 0.2) is 0 Å². The molecule has 0 aromatic rings. The highest BCUT2D eigenvalue weighted by molar-refractivity contribution is 4.90. The normalized spacial score (nSPS) is 29.1. The van der Waals surface area contributed by atoms with Crippen LogP contribution in [0.2, 0.25) is 0 Å². The van der Waals surface area contributed by atoms with Crippen LogP contribution in [0.1, 0.15) is 46.5 Å². The smallest absolute Gasteiger partial charge is 0.316 e. The van der Waals surface area contributed by atoms with Gasteiger partial charge in [-0.3, -0.25) is 0 Å². The zero-order valence-electron chi connectivity index (χ0n) is 11.2. The largest absolute Gasteiger partial charge is 0.391 e. The van der Waals surface area contributed by atoms with Crippen LogP contribution < -0.4 is 5.32 Å². The van der Waals surface area contributed by atoms with Gasteiger partial charge in [0, 0.05) is 6.04 Å². The van der Waals surface area contributed by atoms with Crippen molar-refractivity contribution < 1.29 is 13.2 Å². The van der Waals surface area contributed by atoms with Gasteiger partial charge in [-0.2, -0.15) is 13.2 Å². The zero-order chi connectivity index (χ0) is 13.3. The zero-order valence-corrected chi connectivity index (χ0v) is 11.2. The Morgan fingerprint density at radius 3 is 2.12 bits per heavy atom. The van der Waals surface area contributed by atoms with Gasteiger partial charge in [0.2, 0.25) is 0 Å². The lowest BCUT2D eigenvalue weighted by atomic mass is 9.70. The average Bonchev–Trinajstić information content (AvgIpc) is 2.15. The molecule has 0 bridgehead atoms. The summed E-state index contributed by atoms with van der Waals surface area (Å²) < 4.78 is 38.3. The Morgan fingerprint density at radius 2 is 1.71 bits per heavy atom. The summed E-state index contributed by atoms with van der Waals surface area (Å²) in [5, 5.41) is 3.22. The molecule has 0 aliphatic heterocycles. The Balaban J connectivity index is 2.72. The number of hydrogen-bond acceptors (Lipinski definition) is 1. The summed E-state index contributed by atoms with van der Waals surface area (Å²) in [6, 6.07) is 0.160. The van der Waals surface area contributed by atoms with E-state index in [2.05, 4.69) is 26.1 Å². The third kappa shape index (κ3) is 3.87. The summed E-state index contributed by atoms with van der Waals surface area (Å²) >= 11 is 0. The van der Waals surface area contributed by atoms with Crippen LogP contribution >= 0.6 is 0 Å². The molecule has 0 radical (unpaired) electrons. The molecule has 0 aromatic heterocycles. The van der Waals surface area contributed by atoms with E-state index in [9.17, 15) is 13.2 Å². The Labute approximate surface area is 102 Å². The molecule has 1 fully saturated rings. The summed E-state index contributed by atoms with van der Waals surface area (Å²) in [5.74, 6) is -0.958. The summed E-state index contributed by atoms with van der Waals surface area (Å²) in [7, 11) is 1.85. The van der Waals surface area contributed by atoms with Crippen LogP contribution in [0.25, 0.3) is 0 Å². The molecule has 1 aliphatic rings. The lowest BCUT2D eigenvalue weighted by molar-refractivity contribution is -0.187. The Hall–Kier alpha value is -0.250. The average molecular weight is 251 g/mol. The molecule has 4 heteroatoms. The third-order valence-corrected chi connectivity index (χ3v) is 3.89. The van der Waals surface area contributed by atoms with Gasteiger partial charge in [0.1, 0.15) is 0 Å². The van der Waals surface area contributed by atoms with E-state index in [0.29, 0.717) is 12.8 Å². The first-order chi connectivity index (χ1) is 7.66. The quantitative estimate of drug-likeness (QED) is 0.782. The van der Waals surface area contributed by atoms with Crippen LogP contribution in [0.4, 0.5) is 13.2 Å². The highest BCUT2D eigenvalue weighted by Gasteiger charge is 2.44. The Morgan fingerprint density at radius 1 is 1.12 bits per heavy atom. The number of hydrogen-bond donors (Lipinski definition) is 1. The van der Waals surface area contributed by atoms with E-state index in [0.717, 1.165) is 6.42 Å². The van der Waals surface area contributed by atoms with Crippen molar-refractivity contribution in [3.63, 3.8) is 0 Å². The summed E-state index contributed by atoms with van der Waals surface area (Å²) in [5.41, 5.74) is 0.00685. The summed E-state index contributed by atoms with van der Waals surface area (Å²) in [6.07, 6.45) is -1.82. The topological polar surface area (TPSA) is 12.0 Å². The maximum Gasteiger partial charge on any atom is 0.391 e. The van der Waals surface area contributed by atoms with Crippen LogP contribution in [-0.4, -0.2) is 19.3 Å². The first-order valence-corrected chi connectivity index (χ1v) is 6.40. The minimum Gasteiger partial charge on any atom is -0.316 e. The Bertz CT molecular complexity index is 242. The van der Waals surface area contributed by atoms with Crippen molar-refractivity contribution >= 4 is 0 Å². The van der Waals surface area contributed by atoms with Crippen molar-refractivity contribution in [3.05, 3.63) is 0 Å². The number of alkyl halides is 3. The SMILES string of the molecule is CNC(C1CCCC(C(F)(F)F)C1)C(C)(C)C. The Kier molecular flexibility index (Phi) is 4.50. The fourth-order valence-electron chi connectivity index (χ4n) is 3.20. The van der Waals surface area contributed by atoms with Crippen molar-refractivity contribution in [1.29, 1.82) is 0 Å². The second-order valence-corrected chi connectivity index (χ2v) is 6.30. The molecule has 102 valence electrons. The molecule has 0 saturated heterocycles. The van der Waals surface area contributed by atoms with E-state index < -0.39 is 12.1 Å². The number of halogens is 3. The molecule has 1 aliphatic carbocycles. The molecule has 0 spiro atoms. The van der Waals surface area contributed by atoms with Gasteiger partial charge in [-0.15, -0.1) is 0 Å². The molecule has 1 saturated carbocycles. The lowest BCUT2D eigenvalue weighted by Crippen LogP contribution is -2.46. The van der Waals surface area contributed by atoms with Gasteiger partial charge < -0.3 is 5.32 Å². The van der Waals surface area contributed by atoms with Crippen molar-refractivity contribution in [2.45, 2.75) is 58.7 Å². The van der Waals surface area contributed by atoms with E-state index in [1.165, 1.54) is 0 Å². The van der Waals surface area contributed by atoms with Crippen molar-refractivity contribution in [3.8, 4) is 0 Å². The monoisotopic (exact) mass is 251 g/mol. The molecule has 3 unspecified atom stereocenters. The predicted molar refractivity (Wildman–Crippen MR) is 63.8 cm³/mol. The van der Waals surface area contributed by atoms with Gasteiger partial charge in [-0.1, -0.05) is 27.2 Å². The molecule has 17 heavy (non-hydrogen) atoms. The first-order valence-electron chi connectivity index (χ1n) is 6.40. The van der Waals surface area contributed by atoms with Crippen molar-refractivity contribution in [2.75, 3.05) is 7.05 Å². The van der Waals surface area contributed by atoms with Crippen molar-refractivity contribution in [1.82, 2.24) is 5.32 Å². The van der Waals surface area contributed by atoms with Crippen LogP contribution in [0.5, 0.6) is 0 Å². The summed E-state index contributed by atoms with van der Waals surface area (Å²) in [6.45, 7) is 6.27. The third-order valence-electron chi connectivity index (χ3n) is 3.89. The van der Waals surface area contributed by atoms with Gasteiger partial charge in [-0.05, 0) is 37.6 Å². The molecule has 0 heterocycles. The highest BCUT2D eigenvalue weighted by Crippen LogP contribution is 2.43. The maximum absolute atomic E-state index is 12.8. The first kappa shape index (κ1) is 14.8. The van der Waals surface area contributed by atoms with Gasteiger partial charge >= 0.3 is 6.18 Å². The second kappa shape index (κ2) is 5.17. The molecular weight excluding hydrogens is 227 g/mol. The van der Waals surface area contributed by atoms with Gasteiger partial charge in [0.05, 0.1) is 5.92 Å². The van der Waals surface area contributed by atoms with E-state index in [-0.39, 0.29) is 23.8 Å². The standard InChI is InChI=1S/C13H24F3N/c1-12(2,3)11(17-4)9-6-5-7-10(8-9)13(14,15)16/h9-11,17H,5-8H2,1-4H3. The number of rotatable bonds is 2.